The zero-order chi connectivity index (χ0) is 29.0. The van der Waals surface area contributed by atoms with Gasteiger partial charge in [0.1, 0.15) is 43.7 Å². The van der Waals surface area contributed by atoms with E-state index in [1.165, 1.54) is 6.07 Å². The van der Waals surface area contributed by atoms with Crippen molar-refractivity contribution in [3.63, 3.8) is 0 Å². The topological polar surface area (TPSA) is 271 Å². The predicted molar refractivity (Wildman–Crippen MR) is 136 cm³/mol. The van der Waals surface area contributed by atoms with Crippen molar-refractivity contribution in [2.24, 2.45) is 0 Å². The van der Waals surface area contributed by atoms with Crippen LogP contribution in [0.1, 0.15) is 0 Å². The zero-order valence-electron chi connectivity index (χ0n) is 21.2. The molecule has 6 N–H and O–H groups in total. The summed E-state index contributed by atoms with van der Waals surface area (Å²) in [7, 11) is -14.1. The Balaban J connectivity index is 0.00000242. The van der Waals surface area contributed by atoms with E-state index in [0.717, 1.165) is 12.1 Å². The number of nitrogens with zero attached hydrogens (tertiary/aromatic N) is 2. The summed E-state index contributed by atoms with van der Waals surface area (Å²) in [4.78, 5) is 12.3. The van der Waals surface area contributed by atoms with E-state index in [-0.39, 0.29) is 103 Å². The molecule has 0 aliphatic rings. The maximum absolute atomic E-state index is 11.7. The summed E-state index contributed by atoms with van der Waals surface area (Å²) < 4.78 is 101. The molecule has 22 heteroatoms. The molecular weight excluding hydrogens is 662 g/mol. The van der Waals surface area contributed by atoms with Crippen molar-refractivity contribution < 1.29 is 113 Å². The van der Waals surface area contributed by atoms with Crippen LogP contribution in [-0.4, -0.2) is 59.5 Å². The summed E-state index contributed by atoms with van der Waals surface area (Å²) >= 11 is 0.428. The monoisotopic (exact) mass is 676 g/mol. The Bertz CT molecular complexity index is 1990. The summed E-state index contributed by atoms with van der Waals surface area (Å²) in [6, 6.07) is 10.1. The van der Waals surface area contributed by atoms with E-state index in [0.29, 0.717) is 29.2 Å². The van der Waals surface area contributed by atoms with Crippen molar-refractivity contribution in [3.05, 3.63) is 48.5 Å². The molecular formula is C20H14N4Na2O12S4. The molecule has 0 saturated carbocycles. The van der Waals surface area contributed by atoms with Crippen LogP contribution < -0.4 is 64.4 Å². The Labute approximate surface area is 286 Å². The summed E-state index contributed by atoms with van der Waals surface area (Å²) in [5.41, 5.74) is 0.946. The summed E-state index contributed by atoms with van der Waals surface area (Å²) in [5, 5.41) is 13.6. The maximum Gasteiger partial charge on any atom is 1.00 e. The molecule has 0 unspecified atom stereocenters. The number of rotatable bonds is 8. The first-order valence-electron chi connectivity index (χ1n) is 10.4. The number of hydrogen-bond acceptors (Lipinski definition) is 14. The molecule has 0 saturated heterocycles. The average Bonchev–Trinajstić information content (AvgIpc) is 3.49. The Hall–Kier alpha value is -1.12. The predicted octanol–water partition coefficient (Wildman–Crippen LogP) is -3.25. The number of aromatic nitrogens is 4. The Morgan fingerprint density at radius 3 is 1.74 bits per heavy atom. The van der Waals surface area contributed by atoms with E-state index in [9.17, 15) is 44.9 Å². The molecule has 0 spiro atoms. The van der Waals surface area contributed by atoms with E-state index in [4.69, 9.17) is 0 Å². The standard InChI is InChI=1S/C20H16N4O12S4.2Na/c25-35-36-37-15-7-11(38(26,27)28)5-13-17(15)23-19(21-13)9-1-3-10(4-2-9)20-22-14-6-12(39(29,30)31)8-16(18(14)24-20)40(32,33)34;;/h1-8,25-28H,(H,21,23)(H,22,24)(H,29,30,31)(H,32,33,34);;/q;2*+1/p-2. The minimum absolute atomic E-state index is 0. The molecule has 5 rings (SSSR count). The number of imidazole rings is 2. The molecule has 0 aliphatic carbocycles. The molecule has 16 nitrogen and oxygen atoms in total. The Morgan fingerprint density at radius 1 is 0.762 bits per heavy atom. The molecule has 5 aromatic rings. The van der Waals surface area contributed by atoms with Crippen LogP contribution in [0, 0.1) is 0 Å². The van der Waals surface area contributed by atoms with Gasteiger partial charge in [0.05, 0.1) is 42.7 Å². The van der Waals surface area contributed by atoms with Gasteiger partial charge in [-0.25, -0.2) is 18.4 Å². The van der Waals surface area contributed by atoms with Gasteiger partial charge in [-0.15, -0.1) is 0 Å². The number of fused-ring (bicyclic) bond motifs is 2. The third-order valence-corrected chi connectivity index (χ3v) is 8.68. The van der Waals surface area contributed by atoms with Crippen molar-refractivity contribution in [3.8, 4) is 22.8 Å². The molecule has 2 heterocycles. The van der Waals surface area contributed by atoms with Crippen LogP contribution in [0.15, 0.2) is 68.1 Å². The molecule has 0 fully saturated rings. The zero-order valence-corrected chi connectivity index (χ0v) is 28.5. The van der Waals surface area contributed by atoms with Crippen LogP contribution in [0.3, 0.4) is 0 Å². The van der Waals surface area contributed by atoms with E-state index in [1.54, 1.807) is 24.3 Å². The molecule has 0 aliphatic heterocycles. The van der Waals surface area contributed by atoms with E-state index < -0.39 is 40.9 Å². The van der Waals surface area contributed by atoms with Crippen LogP contribution in [0.2, 0.25) is 0 Å². The van der Waals surface area contributed by atoms with E-state index in [1.807, 2.05) is 0 Å². The van der Waals surface area contributed by atoms with Gasteiger partial charge in [-0.1, -0.05) is 24.3 Å². The van der Waals surface area contributed by atoms with Gasteiger partial charge >= 0.3 is 59.1 Å². The molecule has 2 aromatic heterocycles. The third kappa shape index (κ3) is 7.39. The van der Waals surface area contributed by atoms with Gasteiger partial charge in [0.2, 0.25) is 0 Å². The summed E-state index contributed by atoms with van der Waals surface area (Å²) in [6.45, 7) is 0. The second-order valence-corrected chi connectivity index (χ2v) is 13.1. The van der Waals surface area contributed by atoms with Crippen LogP contribution in [0.5, 0.6) is 0 Å². The van der Waals surface area contributed by atoms with Gasteiger partial charge in [0.15, 0.2) is 0 Å². The van der Waals surface area contributed by atoms with Crippen molar-refractivity contribution in [1.29, 1.82) is 0 Å². The second-order valence-electron chi connectivity index (χ2n) is 8.05. The minimum Gasteiger partial charge on any atom is -0.744 e. The fourth-order valence-corrected chi connectivity index (χ4v) is 6.20. The largest absolute Gasteiger partial charge is 1.00 e. The van der Waals surface area contributed by atoms with Gasteiger partial charge in [-0.05, 0) is 24.3 Å². The Morgan fingerprint density at radius 2 is 1.26 bits per heavy atom. The van der Waals surface area contributed by atoms with Gasteiger partial charge < -0.3 is 33.4 Å². The van der Waals surface area contributed by atoms with Crippen LogP contribution >= 0.6 is 22.9 Å². The van der Waals surface area contributed by atoms with E-state index in [2.05, 4.69) is 29.3 Å². The van der Waals surface area contributed by atoms with Gasteiger partial charge in [0, 0.05) is 11.1 Å². The quantitative estimate of drug-likeness (QED) is 0.0310. The number of aromatic amines is 2. The fraction of sp³-hybridized carbons (Fsp3) is 0. The number of benzene rings is 3. The summed E-state index contributed by atoms with van der Waals surface area (Å²) in [5.74, 6) is 0.356. The second kappa shape index (κ2) is 13.1. The molecule has 42 heavy (non-hydrogen) atoms. The van der Waals surface area contributed by atoms with Gasteiger partial charge in [-0.2, -0.15) is 12.8 Å². The smallest absolute Gasteiger partial charge is 0.744 e. The normalized spacial score (nSPS) is 12.7. The fourth-order valence-electron chi connectivity index (χ4n) is 3.79. The van der Waals surface area contributed by atoms with Crippen molar-refractivity contribution in [1.82, 2.24) is 19.9 Å². The number of hydrogen-bond donors (Lipinski definition) is 6. The molecule has 0 atom stereocenters. The molecule has 3 aromatic carbocycles. The van der Waals surface area contributed by atoms with Crippen LogP contribution in [0.25, 0.3) is 44.8 Å². The molecule has 0 bridgehead atoms. The van der Waals surface area contributed by atoms with Gasteiger partial charge in [0.25, 0.3) is 10.1 Å². The number of nitrogens with one attached hydrogen (secondary N) is 2. The van der Waals surface area contributed by atoms with Crippen molar-refractivity contribution >= 4 is 65.2 Å². The first-order valence-corrected chi connectivity index (χ1v) is 15.5. The first kappa shape index (κ1) is 35.4. The third-order valence-electron chi connectivity index (χ3n) is 5.52. The minimum atomic E-state index is -5.16. The van der Waals surface area contributed by atoms with Crippen LogP contribution in [-0.2, 0) is 29.6 Å². The maximum atomic E-state index is 11.7. The average molecular weight is 677 g/mol. The molecule has 212 valence electrons. The Kier molecular flexibility index (Phi) is 11.0. The first-order chi connectivity index (χ1) is 18.6. The molecule has 0 amide bonds. The van der Waals surface area contributed by atoms with E-state index >= 15 is 0 Å². The van der Waals surface area contributed by atoms with Crippen LogP contribution in [0.4, 0.5) is 0 Å². The summed E-state index contributed by atoms with van der Waals surface area (Å²) in [6.07, 6.45) is 0. The molecule has 0 radical (unpaired) electrons. The number of H-pyrrole nitrogens is 2. The SMILES string of the molecule is O=S(=O)([O-])c1cc(S(=O)(=O)O)cc2[nH]c(-c3ccc(-c4nc5c(SOO[O-])cc(S(O)(O)O)cc5[nH]4)cc3)nc12.[Na+].[Na+]. The van der Waals surface area contributed by atoms with Crippen molar-refractivity contribution in [2.75, 3.05) is 0 Å². The van der Waals surface area contributed by atoms with Gasteiger partial charge in [-0.3, -0.25) is 9.59 Å². The van der Waals surface area contributed by atoms with Crippen molar-refractivity contribution in [2.45, 2.75) is 19.6 Å².